The molecule has 0 aromatic carbocycles. The van der Waals surface area contributed by atoms with E-state index in [-0.39, 0.29) is 0 Å². The maximum absolute atomic E-state index is 3.52. The molecule has 2 aliphatic rings. The summed E-state index contributed by atoms with van der Waals surface area (Å²) in [5.41, 5.74) is 0. The van der Waals surface area contributed by atoms with Crippen molar-refractivity contribution in [2.75, 3.05) is 13.1 Å². The molecule has 0 amide bonds. The van der Waals surface area contributed by atoms with E-state index in [1.807, 2.05) is 0 Å². The van der Waals surface area contributed by atoms with Crippen LogP contribution in [0.1, 0.15) is 19.3 Å². The molecule has 2 atom stereocenters. The minimum Gasteiger partial charge on any atom is -0.312 e. The van der Waals surface area contributed by atoms with Gasteiger partial charge in [0, 0.05) is 12.1 Å². The Balaban J connectivity index is 1.90. The minimum absolute atomic E-state index is 0.812. The predicted molar refractivity (Wildman–Crippen MR) is 37.4 cm³/mol. The Morgan fingerprint density at radius 2 is 1.44 bits per heavy atom. The molecule has 2 N–H and O–H groups in total. The van der Waals surface area contributed by atoms with Gasteiger partial charge in [0.2, 0.25) is 0 Å². The van der Waals surface area contributed by atoms with E-state index in [9.17, 15) is 0 Å². The fourth-order valence-corrected chi connectivity index (χ4v) is 1.65. The molecule has 0 spiro atoms. The van der Waals surface area contributed by atoms with Crippen molar-refractivity contribution >= 4 is 0 Å². The van der Waals surface area contributed by atoms with E-state index in [2.05, 4.69) is 10.6 Å². The zero-order valence-electron chi connectivity index (χ0n) is 5.69. The van der Waals surface area contributed by atoms with Crippen molar-refractivity contribution in [3.05, 3.63) is 0 Å². The second kappa shape index (κ2) is 2.27. The Kier molecular flexibility index (Phi) is 1.44. The second-order valence-electron chi connectivity index (χ2n) is 3.05. The Bertz CT molecular complexity index is 91.1. The highest BCUT2D eigenvalue weighted by molar-refractivity contribution is 4.93. The van der Waals surface area contributed by atoms with Gasteiger partial charge in [0.25, 0.3) is 0 Å². The molecule has 1 aliphatic carbocycles. The lowest BCUT2D eigenvalue weighted by molar-refractivity contribution is 0.264. The van der Waals surface area contributed by atoms with Gasteiger partial charge < -0.3 is 10.6 Å². The topological polar surface area (TPSA) is 24.1 Å². The fourth-order valence-electron chi connectivity index (χ4n) is 1.65. The molecule has 1 aliphatic heterocycles. The van der Waals surface area contributed by atoms with Gasteiger partial charge in [-0.05, 0) is 32.4 Å². The van der Waals surface area contributed by atoms with Crippen molar-refractivity contribution in [2.45, 2.75) is 31.3 Å². The van der Waals surface area contributed by atoms with Crippen molar-refractivity contribution in [3.8, 4) is 0 Å². The first-order valence-electron chi connectivity index (χ1n) is 3.93. The summed E-state index contributed by atoms with van der Waals surface area (Å²) in [6, 6.07) is 1.62. The van der Waals surface area contributed by atoms with Crippen molar-refractivity contribution < 1.29 is 0 Å². The molecule has 1 saturated heterocycles. The molecule has 52 valence electrons. The van der Waals surface area contributed by atoms with Gasteiger partial charge in [-0.1, -0.05) is 0 Å². The highest BCUT2D eigenvalue weighted by Gasteiger charge is 2.30. The summed E-state index contributed by atoms with van der Waals surface area (Å²) in [7, 11) is 0. The van der Waals surface area contributed by atoms with E-state index in [1.165, 1.54) is 32.4 Å². The number of rotatable bonds is 0. The first-order chi connectivity index (χ1) is 4.47. The van der Waals surface area contributed by atoms with E-state index in [0.29, 0.717) is 0 Å². The monoisotopic (exact) mass is 126 g/mol. The third-order valence-electron chi connectivity index (χ3n) is 2.44. The number of fused-ring (bicyclic) bond motifs is 1. The average molecular weight is 126 g/mol. The summed E-state index contributed by atoms with van der Waals surface area (Å²) in [4.78, 5) is 0. The highest BCUT2D eigenvalue weighted by atomic mass is 15.1. The smallest absolute Gasteiger partial charge is 0.0221 e. The van der Waals surface area contributed by atoms with E-state index in [1.54, 1.807) is 0 Å². The molecule has 0 aromatic rings. The van der Waals surface area contributed by atoms with Gasteiger partial charge >= 0.3 is 0 Å². The molecule has 9 heavy (non-hydrogen) atoms. The number of nitrogens with one attached hydrogen (secondary N) is 2. The Morgan fingerprint density at radius 1 is 0.889 bits per heavy atom. The van der Waals surface area contributed by atoms with Crippen molar-refractivity contribution in [3.63, 3.8) is 0 Å². The molecule has 2 rings (SSSR count). The molecule has 0 radical (unpaired) electrons. The summed E-state index contributed by atoms with van der Waals surface area (Å²) in [6.07, 6.45) is 4.07. The predicted octanol–water partition coefficient (Wildman–Crippen LogP) is 0.100. The number of hydrogen-bond acceptors (Lipinski definition) is 2. The largest absolute Gasteiger partial charge is 0.312 e. The molecular weight excluding hydrogens is 112 g/mol. The van der Waals surface area contributed by atoms with Crippen molar-refractivity contribution in [1.29, 1.82) is 0 Å². The Morgan fingerprint density at radius 3 is 1.89 bits per heavy atom. The SMILES string of the molecule is C1CN[C@H]2CC[C@H]2NC1. The Hall–Kier alpha value is -0.0800. The van der Waals surface area contributed by atoms with E-state index in [4.69, 9.17) is 0 Å². The molecule has 2 heteroatoms. The van der Waals surface area contributed by atoms with Gasteiger partial charge in [0.1, 0.15) is 0 Å². The highest BCUT2D eigenvalue weighted by Crippen LogP contribution is 2.20. The van der Waals surface area contributed by atoms with Crippen LogP contribution >= 0.6 is 0 Å². The quantitative estimate of drug-likeness (QED) is 0.481. The first kappa shape index (κ1) is 5.69. The van der Waals surface area contributed by atoms with E-state index < -0.39 is 0 Å². The molecular formula is C7H14N2. The van der Waals surface area contributed by atoms with Crippen LogP contribution in [0.2, 0.25) is 0 Å². The fraction of sp³-hybridized carbons (Fsp3) is 1.00. The Labute approximate surface area is 56.0 Å². The van der Waals surface area contributed by atoms with Gasteiger partial charge in [0.05, 0.1) is 0 Å². The molecule has 2 nitrogen and oxygen atoms in total. The molecule has 1 saturated carbocycles. The van der Waals surface area contributed by atoms with Gasteiger partial charge in [-0.15, -0.1) is 0 Å². The molecule has 1 heterocycles. The van der Waals surface area contributed by atoms with Crippen LogP contribution < -0.4 is 10.6 Å². The van der Waals surface area contributed by atoms with Crippen molar-refractivity contribution in [1.82, 2.24) is 10.6 Å². The van der Waals surface area contributed by atoms with Crippen LogP contribution in [0.4, 0.5) is 0 Å². The number of hydrogen-bond donors (Lipinski definition) is 2. The zero-order chi connectivity index (χ0) is 6.10. The normalized spacial score (nSPS) is 42.7. The summed E-state index contributed by atoms with van der Waals surface area (Å²) in [6.45, 7) is 2.43. The standard InChI is InChI=1S/C7H14N2/c1-4-8-6-2-3-7(6)9-5-1/h6-9H,1-5H2/t6-,7+. The lowest BCUT2D eigenvalue weighted by atomic mass is 9.87. The van der Waals surface area contributed by atoms with E-state index in [0.717, 1.165) is 12.1 Å². The average Bonchev–Trinajstić information content (AvgIpc) is 1.94. The molecule has 0 bridgehead atoms. The molecule has 0 aromatic heterocycles. The van der Waals surface area contributed by atoms with Gasteiger partial charge in [-0.3, -0.25) is 0 Å². The third kappa shape index (κ3) is 0.970. The summed E-state index contributed by atoms with van der Waals surface area (Å²) < 4.78 is 0. The van der Waals surface area contributed by atoms with Gasteiger partial charge in [-0.25, -0.2) is 0 Å². The lowest BCUT2D eigenvalue weighted by Gasteiger charge is -2.35. The van der Waals surface area contributed by atoms with Crippen LogP contribution in [-0.4, -0.2) is 25.2 Å². The minimum atomic E-state index is 0.812. The first-order valence-corrected chi connectivity index (χ1v) is 3.93. The van der Waals surface area contributed by atoms with Crippen molar-refractivity contribution in [2.24, 2.45) is 0 Å². The van der Waals surface area contributed by atoms with Crippen LogP contribution in [0.25, 0.3) is 0 Å². The second-order valence-corrected chi connectivity index (χ2v) is 3.05. The van der Waals surface area contributed by atoms with Crippen LogP contribution in [0, 0.1) is 0 Å². The zero-order valence-corrected chi connectivity index (χ0v) is 5.69. The van der Waals surface area contributed by atoms with Crippen LogP contribution in [0.3, 0.4) is 0 Å². The summed E-state index contributed by atoms with van der Waals surface area (Å²) >= 11 is 0. The summed E-state index contributed by atoms with van der Waals surface area (Å²) in [5.74, 6) is 0. The van der Waals surface area contributed by atoms with Crippen LogP contribution in [0.15, 0.2) is 0 Å². The maximum Gasteiger partial charge on any atom is 0.0221 e. The lowest BCUT2D eigenvalue weighted by Crippen LogP contribution is -2.52. The summed E-state index contributed by atoms with van der Waals surface area (Å²) in [5, 5.41) is 7.04. The van der Waals surface area contributed by atoms with Gasteiger partial charge in [0.15, 0.2) is 0 Å². The third-order valence-corrected chi connectivity index (χ3v) is 2.44. The maximum atomic E-state index is 3.52. The molecule has 0 unspecified atom stereocenters. The van der Waals surface area contributed by atoms with E-state index >= 15 is 0 Å². The van der Waals surface area contributed by atoms with Crippen LogP contribution in [-0.2, 0) is 0 Å². The molecule has 2 fully saturated rings. The van der Waals surface area contributed by atoms with Gasteiger partial charge in [-0.2, -0.15) is 0 Å². The van der Waals surface area contributed by atoms with Crippen LogP contribution in [0.5, 0.6) is 0 Å².